The van der Waals surface area contributed by atoms with Crippen molar-refractivity contribution in [1.82, 2.24) is 0 Å². The standard InChI is InChI=1S/C16H30O2/c1-12-7-8-13-9-16(12,14(13,2)3)15(4,10-17-5)11-18-6/h12-13H,7-11H2,1-6H3. The van der Waals surface area contributed by atoms with Gasteiger partial charge in [0.2, 0.25) is 0 Å². The summed E-state index contributed by atoms with van der Waals surface area (Å²) in [5.74, 6) is 1.68. The van der Waals surface area contributed by atoms with Crippen LogP contribution in [0.1, 0.15) is 47.0 Å². The zero-order valence-corrected chi connectivity index (χ0v) is 13.0. The van der Waals surface area contributed by atoms with Gasteiger partial charge in [-0.3, -0.25) is 0 Å². The van der Waals surface area contributed by atoms with Gasteiger partial charge in [-0.1, -0.05) is 27.7 Å². The molecular weight excluding hydrogens is 224 g/mol. The molecule has 2 heteroatoms. The van der Waals surface area contributed by atoms with E-state index < -0.39 is 0 Å². The number of methoxy groups -OCH3 is 2. The monoisotopic (exact) mass is 254 g/mol. The lowest BCUT2D eigenvalue weighted by molar-refractivity contribution is -0.278. The van der Waals surface area contributed by atoms with Crippen LogP contribution >= 0.6 is 0 Å². The molecule has 3 rings (SSSR count). The Morgan fingerprint density at radius 1 is 1.11 bits per heavy atom. The van der Waals surface area contributed by atoms with Crippen molar-refractivity contribution in [1.29, 1.82) is 0 Å². The minimum Gasteiger partial charge on any atom is -0.384 e. The van der Waals surface area contributed by atoms with Crippen LogP contribution in [0.5, 0.6) is 0 Å². The molecular formula is C16H30O2. The lowest BCUT2D eigenvalue weighted by Gasteiger charge is -2.74. The minimum atomic E-state index is 0.135. The molecule has 0 aromatic carbocycles. The van der Waals surface area contributed by atoms with E-state index in [0.717, 1.165) is 25.0 Å². The summed E-state index contributed by atoms with van der Waals surface area (Å²) >= 11 is 0. The summed E-state index contributed by atoms with van der Waals surface area (Å²) in [5.41, 5.74) is 0.946. The van der Waals surface area contributed by atoms with E-state index in [9.17, 15) is 0 Å². The van der Waals surface area contributed by atoms with Crippen molar-refractivity contribution in [2.75, 3.05) is 27.4 Å². The fraction of sp³-hybridized carbons (Fsp3) is 1.00. The minimum absolute atomic E-state index is 0.135. The second kappa shape index (κ2) is 4.49. The van der Waals surface area contributed by atoms with Gasteiger partial charge in [-0.15, -0.1) is 0 Å². The van der Waals surface area contributed by atoms with Gasteiger partial charge in [-0.2, -0.15) is 0 Å². The quantitative estimate of drug-likeness (QED) is 0.744. The van der Waals surface area contributed by atoms with Gasteiger partial charge in [0.1, 0.15) is 0 Å². The van der Waals surface area contributed by atoms with Crippen LogP contribution in [-0.2, 0) is 9.47 Å². The molecule has 18 heavy (non-hydrogen) atoms. The Labute approximate surface area is 112 Å². The summed E-state index contributed by atoms with van der Waals surface area (Å²) in [6, 6.07) is 0. The number of hydrogen-bond donors (Lipinski definition) is 0. The second-order valence-corrected chi connectivity index (χ2v) is 7.50. The number of ether oxygens (including phenoxy) is 2. The number of rotatable bonds is 5. The first kappa shape index (κ1) is 14.3. The maximum Gasteiger partial charge on any atom is 0.0543 e. The van der Waals surface area contributed by atoms with Gasteiger partial charge in [0, 0.05) is 19.6 Å². The van der Waals surface area contributed by atoms with E-state index in [-0.39, 0.29) is 5.41 Å². The zero-order valence-electron chi connectivity index (χ0n) is 13.0. The number of fused-ring (bicyclic) bond motifs is 2. The van der Waals surface area contributed by atoms with E-state index in [1.165, 1.54) is 19.3 Å². The van der Waals surface area contributed by atoms with Crippen molar-refractivity contribution >= 4 is 0 Å². The molecule has 0 aromatic heterocycles. The fourth-order valence-corrected chi connectivity index (χ4v) is 5.69. The highest BCUT2D eigenvalue weighted by molar-refractivity contribution is 5.18. The maximum absolute atomic E-state index is 5.56. The molecule has 3 atom stereocenters. The predicted molar refractivity (Wildman–Crippen MR) is 74.6 cm³/mol. The average molecular weight is 254 g/mol. The SMILES string of the molecule is COCC(C)(COC)C12CC(CCC1C)C2(C)C. The fourth-order valence-electron chi connectivity index (χ4n) is 5.69. The van der Waals surface area contributed by atoms with E-state index in [1.54, 1.807) is 0 Å². The van der Waals surface area contributed by atoms with Crippen molar-refractivity contribution in [2.45, 2.75) is 47.0 Å². The highest BCUT2D eigenvalue weighted by atomic mass is 16.5. The average Bonchev–Trinajstić information content (AvgIpc) is 2.28. The summed E-state index contributed by atoms with van der Waals surface area (Å²) in [4.78, 5) is 0. The maximum atomic E-state index is 5.56. The van der Waals surface area contributed by atoms with Crippen molar-refractivity contribution in [3.63, 3.8) is 0 Å². The van der Waals surface area contributed by atoms with Gasteiger partial charge >= 0.3 is 0 Å². The third-order valence-corrected chi connectivity index (χ3v) is 6.53. The molecule has 3 unspecified atom stereocenters. The predicted octanol–water partition coefficient (Wildman–Crippen LogP) is 3.75. The zero-order chi connectivity index (χ0) is 13.6. The Morgan fingerprint density at radius 2 is 1.67 bits per heavy atom. The molecule has 106 valence electrons. The molecule has 0 aromatic rings. The van der Waals surface area contributed by atoms with Crippen LogP contribution in [-0.4, -0.2) is 27.4 Å². The third kappa shape index (κ3) is 1.54. The molecule has 0 spiro atoms. The van der Waals surface area contributed by atoms with Crippen LogP contribution in [0.3, 0.4) is 0 Å². The van der Waals surface area contributed by atoms with E-state index in [0.29, 0.717) is 10.8 Å². The van der Waals surface area contributed by atoms with Crippen LogP contribution in [0.25, 0.3) is 0 Å². The summed E-state index contributed by atoms with van der Waals surface area (Å²) in [6.45, 7) is 11.4. The van der Waals surface area contributed by atoms with Crippen LogP contribution in [0.15, 0.2) is 0 Å². The molecule has 3 aliphatic carbocycles. The molecule has 0 radical (unpaired) electrons. The molecule has 0 N–H and O–H groups in total. The molecule has 3 fully saturated rings. The van der Waals surface area contributed by atoms with Crippen LogP contribution in [0.2, 0.25) is 0 Å². The Morgan fingerprint density at radius 3 is 2.06 bits per heavy atom. The van der Waals surface area contributed by atoms with Gasteiger partial charge in [0.05, 0.1) is 13.2 Å². The van der Waals surface area contributed by atoms with Crippen LogP contribution in [0, 0.1) is 28.1 Å². The topological polar surface area (TPSA) is 18.5 Å². The van der Waals surface area contributed by atoms with E-state index in [4.69, 9.17) is 9.47 Å². The number of hydrogen-bond acceptors (Lipinski definition) is 2. The lowest BCUT2D eigenvalue weighted by atomic mass is 9.31. The summed E-state index contributed by atoms with van der Waals surface area (Å²) in [6.07, 6.45) is 4.15. The Bertz CT molecular complexity index is 304. The van der Waals surface area contributed by atoms with Gasteiger partial charge in [0.15, 0.2) is 0 Å². The van der Waals surface area contributed by atoms with E-state index >= 15 is 0 Å². The Hall–Kier alpha value is -0.0800. The first-order chi connectivity index (χ1) is 8.35. The van der Waals surface area contributed by atoms with E-state index in [1.807, 2.05) is 14.2 Å². The van der Waals surface area contributed by atoms with Gasteiger partial charge in [0.25, 0.3) is 0 Å². The van der Waals surface area contributed by atoms with Crippen LogP contribution < -0.4 is 0 Å². The molecule has 2 nitrogen and oxygen atoms in total. The Kier molecular flexibility index (Phi) is 3.57. The first-order valence-corrected chi connectivity index (χ1v) is 7.33. The van der Waals surface area contributed by atoms with Crippen molar-refractivity contribution in [2.24, 2.45) is 28.1 Å². The molecule has 0 aliphatic heterocycles. The summed E-state index contributed by atoms with van der Waals surface area (Å²) in [7, 11) is 3.64. The van der Waals surface area contributed by atoms with Crippen molar-refractivity contribution < 1.29 is 9.47 Å². The molecule has 0 heterocycles. The first-order valence-electron chi connectivity index (χ1n) is 7.33. The second-order valence-electron chi connectivity index (χ2n) is 7.50. The molecule has 3 saturated carbocycles. The normalized spacial score (nSPS) is 38.3. The lowest BCUT2D eigenvalue weighted by Crippen LogP contribution is -2.70. The molecule has 2 bridgehead atoms. The summed E-state index contributed by atoms with van der Waals surface area (Å²) in [5, 5.41) is 0. The van der Waals surface area contributed by atoms with Gasteiger partial charge < -0.3 is 9.47 Å². The summed E-state index contributed by atoms with van der Waals surface area (Å²) < 4.78 is 11.1. The third-order valence-electron chi connectivity index (χ3n) is 6.53. The van der Waals surface area contributed by atoms with Crippen LogP contribution in [0.4, 0.5) is 0 Å². The van der Waals surface area contributed by atoms with Gasteiger partial charge in [-0.25, -0.2) is 0 Å². The largest absolute Gasteiger partial charge is 0.384 e. The molecule has 0 saturated heterocycles. The molecule has 0 amide bonds. The highest BCUT2D eigenvalue weighted by Crippen LogP contribution is 2.75. The highest BCUT2D eigenvalue weighted by Gasteiger charge is 2.70. The van der Waals surface area contributed by atoms with Crippen molar-refractivity contribution in [3.8, 4) is 0 Å². The van der Waals surface area contributed by atoms with E-state index in [2.05, 4.69) is 27.7 Å². The molecule has 3 aliphatic rings. The van der Waals surface area contributed by atoms with Gasteiger partial charge in [-0.05, 0) is 41.9 Å². The van der Waals surface area contributed by atoms with Crippen molar-refractivity contribution in [3.05, 3.63) is 0 Å². The Balaban J connectivity index is 2.37. The smallest absolute Gasteiger partial charge is 0.0543 e.